The normalized spacial score (nSPS) is 13.1. The molecule has 0 spiro atoms. The summed E-state index contributed by atoms with van der Waals surface area (Å²) in [6, 6.07) is 5.25. The summed E-state index contributed by atoms with van der Waals surface area (Å²) in [7, 11) is 1.90. The number of halogens is 1. The van der Waals surface area contributed by atoms with E-state index in [9.17, 15) is 4.39 Å². The Morgan fingerprint density at radius 2 is 2.21 bits per heavy atom. The highest BCUT2D eigenvalue weighted by Crippen LogP contribution is 2.34. The number of thiophene rings is 1. The number of nitrogens with one attached hydrogen (secondary N) is 1. The molecule has 1 aromatic carbocycles. The van der Waals surface area contributed by atoms with Crippen LogP contribution in [0.1, 0.15) is 30.7 Å². The first-order chi connectivity index (χ1) is 9.17. The third kappa shape index (κ3) is 3.14. The summed E-state index contributed by atoms with van der Waals surface area (Å²) in [5.74, 6) is -0.154. The van der Waals surface area contributed by atoms with E-state index in [2.05, 4.69) is 12.2 Å². The van der Waals surface area contributed by atoms with Gasteiger partial charge in [-0.05, 0) is 32.5 Å². The largest absolute Gasteiger partial charge is 0.374 e. The molecule has 0 saturated heterocycles. The minimum absolute atomic E-state index is 0.154. The van der Waals surface area contributed by atoms with Crippen molar-refractivity contribution in [3.05, 3.63) is 34.5 Å². The Morgan fingerprint density at radius 3 is 2.89 bits per heavy atom. The van der Waals surface area contributed by atoms with Gasteiger partial charge in [0, 0.05) is 27.1 Å². The number of ether oxygens (including phenoxy) is 1. The highest BCUT2D eigenvalue weighted by molar-refractivity contribution is 7.19. The minimum atomic E-state index is -0.154. The maximum atomic E-state index is 14.0. The molecule has 1 unspecified atom stereocenters. The third-order valence-electron chi connectivity index (χ3n) is 3.27. The van der Waals surface area contributed by atoms with Gasteiger partial charge in [0.25, 0.3) is 0 Å². The summed E-state index contributed by atoms with van der Waals surface area (Å²) in [4.78, 5) is 1.16. The van der Waals surface area contributed by atoms with E-state index in [1.54, 1.807) is 17.4 Å². The van der Waals surface area contributed by atoms with Crippen LogP contribution in [0.2, 0.25) is 0 Å². The van der Waals surface area contributed by atoms with E-state index in [0.717, 1.165) is 33.5 Å². The van der Waals surface area contributed by atoms with E-state index in [1.807, 2.05) is 20.0 Å². The van der Waals surface area contributed by atoms with Crippen molar-refractivity contribution in [3.8, 4) is 0 Å². The van der Waals surface area contributed by atoms with Gasteiger partial charge < -0.3 is 10.1 Å². The van der Waals surface area contributed by atoms with Crippen LogP contribution in [0, 0.1) is 5.82 Å². The van der Waals surface area contributed by atoms with Crippen molar-refractivity contribution in [1.29, 1.82) is 0 Å². The molecule has 0 aliphatic heterocycles. The van der Waals surface area contributed by atoms with Crippen molar-refractivity contribution in [1.82, 2.24) is 5.32 Å². The summed E-state index contributed by atoms with van der Waals surface area (Å²) in [6.45, 7) is 5.36. The van der Waals surface area contributed by atoms with E-state index < -0.39 is 0 Å². The fraction of sp³-hybridized carbons (Fsp3) is 0.467. The fourth-order valence-corrected chi connectivity index (χ4v) is 3.25. The number of benzene rings is 1. The molecule has 2 nitrogen and oxygen atoms in total. The molecule has 19 heavy (non-hydrogen) atoms. The molecule has 1 atom stereocenters. The van der Waals surface area contributed by atoms with Crippen molar-refractivity contribution < 1.29 is 9.13 Å². The first kappa shape index (κ1) is 14.4. The van der Waals surface area contributed by atoms with E-state index in [-0.39, 0.29) is 11.9 Å². The molecule has 0 aliphatic rings. The topological polar surface area (TPSA) is 21.3 Å². The van der Waals surface area contributed by atoms with Crippen LogP contribution < -0.4 is 5.32 Å². The molecule has 4 heteroatoms. The monoisotopic (exact) mass is 281 g/mol. The lowest BCUT2D eigenvalue weighted by Gasteiger charge is -2.11. The van der Waals surface area contributed by atoms with Gasteiger partial charge >= 0.3 is 0 Å². The summed E-state index contributed by atoms with van der Waals surface area (Å²) < 4.78 is 20.8. The Labute approximate surface area is 117 Å². The molecule has 0 aliphatic carbocycles. The maximum absolute atomic E-state index is 14.0. The Kier molecular flexibility index (Phi) is 4.91. The summed E-state index contributed by atoms with van der Waals surface area (Å²) in [6.07, 6.45) is 1.16. The molecule has 2 rings (SSSR count). The molecule has 0 bridgehead atoms. The minimum Gasteiger partial charge on any atom is -0.374 e. The molecule has 1 heterocycles. The van der Waals surface area contributed by atoms with Gasteiger partial charge in [0.2, 0.25) is 0 Å². The van der Waals surface area contributed by atoms with Crippen LogP contribution in [-0.2, 0) is 17.9 Å². The molecule has 104 valence electrons. The smallest absolute Gasteiger partial charge is 0.132 e. The number of hydrogen-bond donors (Lipinski definition) is 1. The summed E-state index contributed by atoms with van der Waals surface area (Å²) in [5, 5.41) is 3.86. The Hall–Kier alpha value is -0.970. The van der Waals surface area contributed by atoms with Crippen LogP contribution in [0.5, 0.6) is 0 Å². The van der Waals surface area contributed by atoms with Crippen LogP contribution >= 0.6 is 11.3 Å². The van der Waals surface area contributed by atoms with Crippen molar-refractivity contribution in [2.24, 2.45) is 0 Å². The molecular weight excluding hydrogens is 261 g/mol. The third-order valence-corrected chi connectivity index (χ3v) is 4.47. The zero-order valence-corrected chi connectivity index (χ0v) is 12.4. The highest BCUT2D eigenvalue weighted by Gasteiger charge is 2.15. The van der Waals surface area contributed by atoms with Crippen LogP contribution in [0.15, 0.2) is 18.2 Å². The predicted molar refractivity (Wildman–Crippen MR) is 79.1 cm³/mol. The van der Waals surface area contributed by atoms with Gasteiger partial charge in [-0.25, -0.2) is 4.39 Å². The average Bonchev–Trinajstić information content (AvgIpc) is 2.75. The molecule has 0 fully saturated rings. The SMILES string of the molecule is CCC(C)OCc1c(CNC)sc2cccc(F)c12. The molecule has 1 aromatic heterocycles. The predicted octanol–water partition coefficient (Wildman–Crippen LogP) is 4.07. The standard InChI is InChI=1S/C15H20FNOS/c1-4-10(2)18-9-11-14(8-17-3)19-13-7-5-6-12(16)15(11)13/h5-7,10,17H,4,8-9H2,1-3H3. The zero-order valence-electron chi connectivity index (χ0n) is 11.6. The molecule has 0 saturated carbocycles. The van der Waals surface area contributed by atoms with Crippen LogP contribution in [0.25, 0.3) is 10.1 Å². The second-order valence-corrected chi connectivity index (χ2v) is 5.81. The van der Waals surface area contributed by atoms with Gasteiger partial charge in [0.15, 0.2) is 0 Å². The second-order valence-electron chi connectivity index (χ2n) is 4.68. The van der Waals surface area contributed by atoms with E-state index >= 15 is 0 Å². The molecular formula is C15H20FNOS. The zero-order chi connectivity index (χ0) is 13.8. The highest BCUT2D eigenvalue weighted by atomic mass is 32.1. The first-order valence-corrected chi connectivity index (χ1v) is 7.44. The van der Waals surface area contributed by atoms with Gasteiger partial charge in [0.05, 0.1) is 12.7 Å². The van der Waals surface area contributed by atoms with Gasteiger partial charge in [-0.1, -0.05) is 13.0 Å². The molecule has 0 amide bonds. The van der Waals surface area contributed by atoms with E-state index in [1.165, 1.54) is 6.07 Å². The van der Waals surface area contributed by atoms with E-state index in [4.69, 9.17) is 4.74 Å². The Balaban J connectivity index is 2.39. The average molecular weight is 281 g/mol. The van der Waals surface area contributed by atoms with Crippen LogP contribution in [0.4, 0.5) is 4.39 Å². The van der Waals surface area contributed by atoms with Crippen molar-refractivity contribution in [2.75, 3.05) is 7.05 Å². The first-order valence-electron chi connectivity index (χ1n) is 6.62. The quantitative estimate of drug-likeness (QED) is 0.861. The van der Waals surface area contributed by atoms with Crippen LogP contribution in [-0.4, -0.2) is 13.2 Å². The lowest BCUT2D eigenvalue weighted by molar-refractivity contribution is 0.0512. The lowest BCUT2D eigenvalue weighted by atomic mass is 10.1. The van der Waals surface area contributed by atoms with Gasteiger partial charge in [0.1, 0.15) is 5.82 Å². The van der Waals surface area contributed by atoms with Crippen molar-refractivity contribution in [2.45, 2.75) is 39.5 Å². The van der Waals surface area contributed by atoms with Crippen molar-refractivity contribution >= 4 is 21.4 Å². The van der Waals surface area contributed by atoms with Crippen molar-refractivity contribution in [3.63, 3.8) is 0 Å². The van der Waals surface area contributed by atoms with Gasteiger partial charge in [-0.2, -0.15) is 0 Å². The number of fused-ring (bicyclic) bond motifs is 1. The van der Waals surface area contributed by atoms with Gasteiger partial charge in [-0.3, -0.25) is 0 Å². The Morgan fingerprint density at radius 1 is 1.42 bits per heavy atom. The van der Waals surface area contributed by atoms with E-state index in [0.29, 0.717) is 6.61 Å². The van der Waals surface area contributed by atoms with Crippen LogP contribution in [0.3, 0.4) is 0 Å². The Bertz CT molecular complexity index is 552. The molecule has 2 aromatic rings. The van der Waals surface area contributed by atoms with Gasteiger partial charge in [-0.15, -0.1) is 11.3 Å². The second kappa shape index (κ2) is 6.46. The summed E-state index contributed by atoms with van der Waals surface area (Å²) >= 11 is 1.64. The maximum Gasteiger partial charge on any atom is 0.132 e. The summed E-state index contributed by atoms with van der Waals surface area (Å²) in [5.41, 5.74) is 0.993. The molecule has 1 N–H and O–H groups in total. The fourth-order valence-electron chi connectivity index (χ4n) is 2.02. The molecule has 0 radical (unpaired) electrons. The lowest BCUT2D eigenvalue weighted by Crippen LogP contribution is -2.09. The number of hydrogen-bond acceptors (Lipinski definition) is 3. The number of rotatable bonds is 6.